The average molecular weight is 352 g/mol. The first-order valence-corrected chi connectivity index (χ1v) is 9.40. The highest BCUT2D eigenvalue weighted by Gasteiger charge is 2.50. The molecule has 1 aromatic heterocycles. The number of anilines is 1. The SMILES string of the molecule is COc1cc2c(cn1)OCC21CN(CC2CCOCC2)c2ccccc21. The van der Waals surface area contributed by atoms with E-state index in [0.717, 1.165) is 44.9 Å². The topological polar surface area (TPSA) is 43.8 Å². The predicted molar refractivity (Wildman–Crippen MR) is 99.3 cm³/mol. The lowest BCUT2D eigenvalue weighted by Gasteiger charge is -2.30. The van der Waals surface area contributed by atoms with Crippen LogP contribution in [-0.2, 0) is 10.2 Å². The molecule has 2 aromatic rings. The van der Waals surface area contributed by atoms with Gasteiger partial charge in [-0.15, -0.1) is 0 Å². The van der Waals surface area contributed by atoms with Crippen LogP contribution >= 0.6 is 0 Å². The van der Waals surface area contributed by atoms with Gasteiger partial charge in [0, 0.05) is 43.6 Å². The second-order valence-electron chi connectivity index (χ2n) is 7.55. The van der Waals surface area contributed by atoms with Crippen molar-refractivity contribution in [2.24, 2.45) is 5.92 Å². The highest BCUT2D eigenvalue weighted by Crippen LogP contribution is 2.52. The number of hydrogen-bond donors (Lipinski definition) is 0. The monoisotopic (exact) mass is 352 g/mol. The van der Waals surface area contributed by atoms with Gasteiger partial charge in [-0.05, 0) is 30.4 Å². The molecule has 3 aliphatic heterocycles. The van der Waals surface area contributed by atoms with E-state index in [9.17, 15) is 0 Å². The van der Waals surface area contributed by atoms with Gasteiger partial charge >= 0.3 is 0 Å². The van der Waals surface area contributed by atoms with Crippen molar-refractivity contribution in [2.45, 2.75) is 18.3 Å². The summed E-state index contributed by atoms with van der Waals surface area (Å²) in [5.74, 6) is 2.23. The molecule has 1 saturated heterocycles. The molecule has 1 unspecified atom stereocenters. The molecule has 4 heterocycles. The summed E-state index contributed by atoms with van der Waals surface area (Å²) in [7, 11) is 1.66. The highest BCUT2D eigenvalue weighted by atomic mass is 16.5. The molecule has 5 nitrogen and oxygen atoms in total. The van der Waals surface area contributed by atoms with Crippen LogP contribution in [0.3, 0.4) is 0 Å². The zero-order valence-electron chi connectivity index (χ0n) is 15.1. The maximum atomic E-state index is 6.07. The van der Waals surface area contributed by atoms with Crippen LogP contribution in [-0.4, -0.2) is 45.0 Å². The van der Waals surface area contributed by atoms with Gasteiger partial charge < -0.3 is 19.1 Å². The smallest absolute Gasteiger partial charge is 0.213 e. The standard InChI is InChI=1S/C21H24N2O3/c1-24-20-10-17-19(11-22-20)26-14-21(17)13-23(12-15-6-8-25-9-7-15)18-5-3-2-4-16(18)21/h2-5,10-11,15H,6-9,12-14H2,1H3. The lowest BCUT2D eigenvalue weighted by Crippen LogP contribution is -2.39. The Labute approximate surface area is 153 Å². The Bertz CT molecular complexity index is 819. The Morgan fingerprint density at radius 1 is 1.23 bits per heavy atom. The third-order valence-electron chi connectivity index (χ3n) is 6.08. The summed E-state index contributed by atoms with van der Waals surface area (Å²) in [6.07, 6.45) is 4.10. The molecule has 0 aliphatic carbocycles. The summed E-state index contributed by atoms with van der Waals surface area (Å²) in [5, 5.41) is 0. The molecule has 1 aromatic carbocycles. The molecule has 0 bridgehead atoms. The van der Waals surface area contributed by atoms with Crippen molar-refractivity contribution in [1.29, 1.82) is 0 Å². The fourth-order valence-electron chi connectivity index (χ4n) is 4.71. The summed E-state index contributed by atoms with van der Waals surface area (Å²) in [6, 6.07) is 10.8. The number of rotatable bonds is 3. The van der Waals surface area contributed by atoms with E-state index in [1.54, 1.807) is 13.3 Å². The zero-order valence-corrected chi connectivity index (χ0v) is 15.1. The van der Waals surface area contributed by atoms with E-state index < -0.39 is 0 Å². The van der Waals surface area contributed by atoms with Crippen molar-refractivity contribution in [3.63, 3.8) is 0 Å². The van der Waals surface area contributed by atoms with Gasteiger partial charge in [-0.1, -0.05) is 18.2 Å². The number of benzene rings is 1. The Balaban J connectivity index is 1.54. The summed E-state index contributed by atoms with van der Waals surface area (Å²) in [5.41, 5.74) is 3.77. The van der Waals surface area contributed by atoms with Crippen molar-refractivity contribution in [3.05, 3.63) is 47.7 Å². The quantitative estimate of drug-likeness (QED) is 0.850. The van der Waals surface area contributed by atoms with Crippen LogP contribution in [0.2, 0.25) is 0 Å². The molecule has 0 radical (unpaired) electrons. The summed E-state index contributed by atoms with van der Waals surface area (Å²) in [4.78, 5) is 6.87. The van der Waals surface area contributed by atoms with Crippen molar-refractivity contribution < 1.29 is 14.2 Å². The van der Waals surface area contributed by atoms with Crippen molar-refractivity contribution in [1.82, 2.24) is 4.98 Å². The molecule has 0 saturated carbocycles. The number of ether oxygens (including phenoxy) is 3. The third kappa shape index (κ3) is 2.37. The predicted octanol–water partition coefficient (Wildman–Crippen LogP) is 3.02. The van der Waals surface area contributed by atoms with Crippen molar-refractivity contribution in [2.75, 3.05) is 44.9 Å². The molecule has 3 aliphatic rings. The van der Waals surface area contributed by atoms with E-state index in [4.69, 9.17) is 14.2 Å². The fourth-order valence-corrected chi connectivity index (χ4v) is 4.71. The van der Waals surface area contributed by atoms with Crippen molar-refractivity contribution in [3.8, 4) is 11.6 Å². The molecular formula is C21H24N2O3. The van der Waals surface area contributed by atoms with Gasteiger partial charge in [0.25, 0.3) is 0 Å². The number of methoxy groups -OCH3 is 1. The molecule has 26 heavy (non-hydrogen) atoms. The van der Waals surface area contributed by atoms with Crippen LogP contribution < -0.4 is 14.4 Å². The largest absolute Gasteiger partial charge is 0.490 e. The first kappa shape index (κ1) is 15.9. The van der Waals surface area contributed by atoms with E-state index in [-0.39, 0.29) is 5.41 Å². The molecule has 1 fully saturated rings. The van der Waals surface area contributed by atoms with E-state index in [0.29, 0.717) is 18.4 Å². The highest BCUT2D eigenvalue weighted by molar-refractivity contribution is 5.69. The minimum Gasteiger partial charge on any atom is -0.490 e. The van der Waals surface area contributed by atoms with Crippen LogP contribution in [0.5, 0.6) is 11.6 Å². The van der Waals surface area contributed by atoms with Gasteiger partial charge in [-0.3, -0.25) is 0 Å². The first-order valence-electron chi connectivity index (χ1n) is 9.40. The molecule has 0 amide bonds. The number of para-hydroxylation sites is 1. The lowest BCUT2D eigenvalue weighted by molar-refractivity contribution is 0.0681. The van der Waals surface area contributed by atoms with Crippen molar-refractivity contribution >= 4 is 5.69 Å². The summed E-state index contributed by atoms with van der Waals surface area (Å²) < 4.78 is 17.0. The normalized spacial score (nSPS) is 24.4. The molecule has 5 rings (SSSR count). The van der Waals surface area contributed by atoms with Crippen LogP contribution in [0, 0.1) is 5.92 Å². The van der Waals surface area contributed by atoms with Gasteiger partial charge in [0.05, 0.1) is 18.7 Å². The summed E-state index contributed by atoms with van der Waals surface area (Å²) >= 11 is 0. The number of hydrogen-bond acceptors (Lipinski definition) is 5. The van der Waals surface area contributed by atoms with Gasteiger partial charge in [0.15, 0.2) is 0 Å². The Kier molecular flexibility index (Phi) is 3.78. The molecule has 1 atom stereocenters. The Morgan fingerprint density at radius 3 is 2.92 bits per heavy atom. The number of nitrogens with zero attached hydrogens (tertiary/aromatic N) is 2. The van der Waals surface area contributed by atoms with E-state index in [1.807, 2.05) is 0 Å². The maximum absolute atomic E-state index is 6.07. The minimum absolute atomic E-state index is 0.132. The van der Waals surface area contributed by atoms with Gasteiger partial charge in [0.1, 0.15) is 12.4 Å². The van der Waals surface area contributed by atoms with E-state index >= 15 is 0 Å². The molecule has 136 valence electrons. The first-order chi connectivity index (χ1) is 12.8. The van der Waals surface area contributed by atoms with Crippen LogP contribution in [0.15, 0.2) is 36.5 Å². The molecule has 1 spiro atoms. The minimum atomic E-state index is -0.132. The Hall–Kier alpha value is -2.27. The summed E-state index contributed by atoms with van der Waals surface area (Å²) in [6.45, 7) is 4.47. The lowest BCUT2D eigenvalue weighted by atomic mass is 9.78. The number of aromatic nitrogens is 1. The average Bonchev–Trinajstić information content (AvgIpc) is 3.22. The van der Waals surface area contributed by atoms with Gasteiger partial charge in [-0.25, -0.2) is 4.98 Å². The third-order valence-corrected chi connectivity index (χ3v) is 6.08. The second kappa shape index (κ2) is 6.16. The second-order valence-corrected chi connectivity index (χ2v) is 7.55. The van der Waals surface area contributed by atoms with E-state index in [2.05, 4.69) is 40.2 Å². The zero-order chi connectivity index (χ0) is 17.6. The molecule has 5 heteroatoms. The van der Waals surface area contributed by atoms with Crippen LogP contribution in [0.1, 0.15) is 24.0 Å². The van der Waals surface area contributed by atoms with Gasteiger partial charge in [-0.2, -0.15) is 0 Å². The van der Waals surface area contributed by atoms with Crippen LogP contribution in [0.25, 0.3) is 0 Å². The Morgan fingerprint density at radius 2 is 2.08 bits per heavy atom. The van der Waals surface area contributed by atoms with E-state index in [1.165, 1.54) is 16.8 Å². The fraction of sp³-hybridized carbons (Fsp3) is 0.476. The molecular weight excluding hydrogens is 328 g/mol. The molecule has 0 N–H and O–H groups in total. The number of pyridine rings is 1. The van der Waals surface area contributed by atoms with Gasteiger partial charge in [0.2, 0.25) is 5.88 Å². The van der Waals surface area contributed by atoms with Crippen LogP contribution in [0.4, 0.5) is 5.69 Å². The number of fused-ring (bicyclic) bond motifs is 4. The maximum Gasteiger partial charge on any atom is 0.213 e.